The monoisotopic (exact) mass is 373 g/mol. The summed E-state index contributed by atoms with van der Waals surface area (Å²) in [5.74, 6) is -0.629. The Morgan fingerprint density at radius 2 is 1.85 bits per heavy atom. The van der Waals surface area contributed by atoms with E-state index >= 15 is 0 Å². The third-order valence-electron chi connectivity index (χ3n) is 4.84. The molecule has 144 valence electrons. The van der Waals surface area contributed by atoms with Crippen molar-refractivity contribution in [2.75, 3.05) is 39.8 Å². The Hall–Kier alpha value is -2.67. The van der Waals surface area contributed by atoms with Crippen LogP contribution in [0.2, 0.25) is 0 Å². The number of furan rings is 1. The summed E-state index contributed by atoms with van der Waals surface area (Å²) in [6.45, 7) is 2.95. The molecule has 1 unspecified atom stereocenters. The van der Waals surface area contributed by atoms with Crippen LogP contribution in [0.15, 0.2) is 47.1 Å². The van der Waals surface area contributed by atoms with Gasteiger partial charge in [-0.15, -0.1) is 0 Å². The normalized spacial score (nSPS) is 16.1. The third-order valence-corrected chi connectivity index (χ3v) is 4.84. The van der Waals surface area contributed by atoms with Gasteiger partial charge in [0.05, 0.1) is 18.7 Å². The zero-order chi connectivity index (χ0) is 19.2. The number of carbonyl (C=O) groups is 2. The lowest BCUT2D eigenvalue weighted by atomic mass is 9.93. The van der Waals surface area contributed by atoms with Gasteiger partial charge in [-0.1, -0.05) is 12.1 Å². The van der Waals surface area contributed by atoms with Crippen molar-refractivity contribution < 1.29 is 18.4 Å². The first-order valence-corrected chi connectivity index (χ1v) is 9.05. The minimum atomic E-state index is -0.558. The Kier molecular flexibility index (Phi) is 6.24. The lowest BCUT2D eigenvalue weighted by molar-refractivity contribution is -0.134. The Balaban J connectivity index is 1.63. The van der Waals surface area contributed by atoms with Gasteiger partial charge >= 0.3 is 0 Å². The van der Waals surface area contributed by atoms with E-state index in [9.17, 15) is 14.0 Å². The van der Waals surface area contributed by atoms with Crippen LogP contribution in [0.1, 0.15) is 17.2 Å². The fraction of sp³-hybridized carbons (Fsp3) is 0.400. The number of nitrogens with zero attached hydrogens (tertiary/aromatic N) is 2. The van der Waals surface area contributed by atoms with Crippen LogP contribution in [0.25, 0.3) is 0 Å². The van der Waals surface area contributed by atoms with E-state index in [1.807, 2.05) is 7.05 Å². The lowest BCUT2D eigenvalue weighted by Crippen LogP contribution is -2.50. The maximum atomic E-state index is 13.2. The molecule has 1 saturated heterocycles. The predicted molar refractivity (Wildman–Crippen MR) is 98.6 cm³/mol. The van der Waals surface area contributed by atoms with Crippen LogP contribution in [0.5, 0.6) is 0 Å². The first kappa shape index (κ1) is 19.1. The molecular formula is C20H24FN3O3. The standard InChI is InChI=1S/C20H24FN3O3/c1-23-8-10-24(11-9-23)19(25)14-22-20(26)18(13-17-3-2-12-27-17)15-4-6-16(21)7-5-15/h2-7,12,18H,8-11,13-14H2,1H3,(H,22,26). The number of amides is 2. The summed E-state index contributed by atoms with van der Waals surface area (Å²) in [6, 6.07) is 9.38. The van der Waals surface area contributed by atoms with Gasteiger partial charge in [-0.3, -0.25) is 9.59 Å². The van der Waals surface area contributed by atoms with Gasteiger partial charge in [0.25, 0.3) is 0 Å². The van der Waals surface area contributed by atoms with E-state index in [1.54, 1.807) is 35.4 Å². The molecule has 0 aliphatic carbocycles. The van der Waals surface area contributed by atoms with Crippen LogP contribution in [-0.4, -0.2) is 61.4 Å². The summed E-state index contributed by atoms with van der Waals surface area (Å²) in [4.78, 5) is 29.0. The van der Waals surface area contributed by atoms with E-state index in [1.165, 1.54) is 12.1 Å². The number of benzene rings is 1. The highest BCUT2D eigenvalue weighted by Gasteiger charge is 2.24. The Bertz CT molecular complexity index is 753. The fourth-order valence-corrected chi connectivity index (χ4v) is 3.14. The predicted octanol–water partition coefficient (Wildman–Crippen LogP) is 1.64. The van der Waals surface area contributed by atoms with E-state index in [2.05, 4.69) is 10.2 Å². The molecule has 1 N–H and O–H groups in total. The molecule has 1 aromatic heterocycles. The molecule has 0 radical (unpaired) electrons. The van der Waals surface area contributed by atoms with Crippen LogP contribution < -0.4 is 5.32 Å². The number of nitrogens with one attached hydrogen (secondary N) is 1. The zero-order valence-electron chi connectivity index (χ0n) is 15.4. The van der Waals surface area contributed by atoms with Gasteiger partial charge in [-0.05, 0) is 36.9 Å². The van der Waals surface area contributed by atoms with Crippen LogP contribution in [0, 0.1) is 5.82 Å². The first-order chi connectivity index (χ1) is 13.0. The summed E-state index contributed by atoms with van der Waals surface area (Å²) in [5.41, 5.74) is 0.678. The number of halogens is 1. The molecule has 1 aliphatic rings. The highest BCUT2D eigenvalue weighted by molar-refractivity contribution is 5.88. The summed E-state index contributed by atoms with van der Waals surface area (Å²) < 4.78 is 18.6. The van der Waals surface area contributed by atoms with Crippen molar-refractivity contribution in [2.45, 2.75) is 12.3 Å². The Morgan fingerprint density at radius 3 is 2.48 bits per heavy atom. The number of hydrogen-bond donors (Lipinski definition) is 1. The van der Waals surface area contributed by atoms with Gasteiger partial charge in [0, 0.05) is 32.6 Å². The molecule has 2 aromatic rings. The average Bonchev–Trinajstić information content (AvgIpc) is 3.18. The van der Waals surface area contributed by atoms with Gasteiger partial charge in [0.1, 0.15) is 11.6 Å². The van der Waals surface area contributed by atoms with Crippen molar-refractivity contribution in [1.29, 1.82) is 0 Å². The minimum Gasteiger partial charge on any atom is -0.469 e. The van der Waals surface area contributed by atoms with Crippen LogP contribution in [-0.2, 0) is 16.0 Å². The molecule has 2 amide bonds. The molecule has 6 nitrogen and oxygen atoms in total. The summed E-state index contributed by atoms with van der Waals surface area (Å²) in [5, 5.41) is 2.74. The second kappa shape index (κ2) is 8.81. The Labute approximate surface area is 157 Å². The third kappa shape index (κ3) is 5.17. The molecule has 0 saturated carbocycles. The topological polar surface area (TPSA) is 65.8 Å². The van der Waals surface area contributed by atoms with E-state index < -0.39 is 5.92 Å². The molecule has 1 aromatic carbocycles. The van der Waals surface area contributed by atoms with Gasteiger partial charge in [-0.2, -0.15) is 0 Å². The van der Waals surface area contributed by atoms with Crippen molar-refractivity contribution in [3.05, 3.63) is 59.8 Å². The van der Waals surface area contributed by atoms with Gasteiger partial charge in [-0.25, -0.2) is 4.39 Å². The number of carbonyl (C=O) groups excluding carboxylic acids is 2. The van der Waals surface area contributed by atoms with Crippen molar-refractivity contribution in [2.24, 2.45) is 0 Å². The van der Waals surface area contributed by atoms with Crippen molar-refractivity contribution in [3.8, 4) is 0 Å². The van der Waals surface area contributed by atoms with E-state index in [0.717, 1.165) is 13.1 Å². The Morgan fingerprint density at radius 1 is 1.15 bits per heavy atom. The van der Waals surface area contributed by atoms with E-state index in [0.29, 0.717) is 30.8 Å². The molecule has 0 bridgehead atoms. The summed E-state index contributed by atoms with van der Waals surface area (Å²) >= 11 is 0. The van der Waals surface area contributed by atoms with Crippen LogP contribution in [0.4, 0.5) is 4.39 Å². The molecule has 27 heavy (non-hydrogen) atoms. The van der Waals surface area contributed by atoms with Gasteiger partial charge in [0.15, 0.2) is 0 Å². The maximum Gasteiger partial charge on any atom is 0.242 e. The highest BCUT2D eigenvalue weighted by atomic mass is 19.1. The van der Waals surface area contributed by atoms with Gasteiger partial charge < -0.3 is 19.5 Å². The van der Waals surface area contributed by atoms with Gasteiger partial charge in [0.2, 0.25) is 11.8 Å². The summed E-state index contributed by atoms with van der Waals surface area (Å²) in [6.07, 6.45) is 1.89. The second-order valence-corrected chi connectivity index (χ2v) is 6.79. The zero-order valence-corrected chi connectivity index (χ0v) is 15.4. The molecule has 3 rings (SSSR count). The van der Waals surface area contributed by atoms with Crippen LogP contribution in [0.3, 0.4) is 0 Å². The quantitative estimate of drug-likeness (QED) is 0.836. The number of rotatable bonds is 6. The highest BCUT2D eigenvalue weighted by Crippen LogP contribution is 2.22. The van der Waals surface area contributed by atoms with E-state index in [-0.39, 0.29) is 24.2 Å². The lowest BCUT2D eigenvalue weighted by Gasteiger charge is -2.32. The van der Waals surface area contributed by atoms with Crippen molar-refractivity contribution >= 4 is 11.8 Å². The second-order valence-electron chi connectivity index (χ2n) is 6.79. The molecule has 1 fully saturated rings. The molecule has 2 heterocycles. The number of hydrogen-bond acceptors (Lipinski definition) is 4. The van der Waals surface area contributed by atoms with Crippen molar-refractivity contribution in [1.82, 2.24) is 15.1 Å². The number of likely N-dealkylation sites (N-methyl/N-ethyl adjacent to an activating group) is 1. The first-order valence-electron chi connectivity index (χ1n) is 9.05. The molecule has 1 atom stereocenters. The largest absolute Gasteiger partial charge is 0.469 e. The molecule has 0 spiro atoms. The molecule has 1 aliphatic heterocycles. The minimum absolute atomic E-state index is 0.0433. The molecule has 7 heteroatoms. The molecular weight excluding hydrogens is 349 g/mol. The van der Waals surface area contributed by atoms with E-state index in [4.69, 9.17) is 4.42 Å². The van der Waals surface area contributed by atoms with Crippen molar-refractivity contribution in [3.63, 3.8) is 0 Å². The average molecular weight is 373 g/mol. The SMILES string of the molecule is CN1CCN(C(=O)CNC(=O)C(Cc2ccco2)c2ccc(F)cc2)CC1. The maximum absolute atomic E-state index is 13.2. The van der Waals surface area contributed by atoms with Crippen LogP contribution >= 0.6 is 0 Å². The smallest absolute Gasteiger partial charge is 0.242 e. The number of piperazine rings is 1. The summed E-state index contributed by atoms with van der Waals surface area (Å²) in [7, 11) is 2.02. The fourth-order valence-electron chi connectivity index (χ4n) is 3.14.